The molecule has 0 bridgehead atoms. The van der Waals surface area contributed by atoms with E-state index >= 15 is 0 Å². The van der Waals surface area contributed by atoms with E-state index in [1.54, 1.807) is 0 Å². The first kappa shape index (κ1) is 14.9. The SMILES string of the molecule is CCCN(CCN(C)C)c1nc(C)cc(CN)n1. The first-order valence-electron chi connectivity index (χ1n) is 6.51. The molecule has 0 aliphatic rings. The van der Waals surface area contributed by atoms with Crippen LogP contribution in [0.4, 0.5) is 5.95 Å². The molecule has 1 heterocycles. The summed E-state index contributed by atoms with van der Waals surface area (Å²) < 4.78 is 0. The van der Waals surface area contributed by atoms with Crippen molar-refractivity contribution < 1.29 is 0 Å². The van der Waals surface area contributed by atoms with Crippen LogP contribution < -0.4 is 10.6 Å². The standard InChI is InChI=1S/C13H25N5/c1-5-6-18(8-7-17(3)4)13-15-11(2)9-12(10-14)16-13/h9H,5-8,10,14H2,1-4H3. The minimum atomic E-state index is 0.462. The molecule has 0 saturated carbocycles. The molecule has 102 valence electrons. The number of hydrogen-bond acceptors (Lipinski definition) is 5. The minimum Gasteiger partial charge on any atom is -0.340 e. The monoisotopic (exact) mass is 251 g/mol. The third-order valence-corrected chi connectivity index (χ3v) is 2.70. The quantitative estimate of drug-likeness (QED) is 0.784. The summed E-state index contributed by atoms with van der Waals surface area (Å²) in [5.41, 5.74) is 7.55. The molecule has 0 aromatic carbocycles. The highest BCUT2D eigenvalue weighted by molar-refractivity contribution is 5.32. The average Bonchev–Trinajstić information content (AvgIpc) is 2.33. The fraction of sp³-hybridized carbons (Fsp3) is 0.692. The van der Waals surface area contributed by atoms with Gasteiger partial charge in [-0.15, -0.1) is 0 Å². The van der Waals surface area contributed by atoms with E-state index < -0.39 is 0 Å². The van der Waals surface area contributed by atoms with E-state index in [2.05, 4.69) is 40.8 Å². The molecule has 1 rings (SSSR count). The summed E-state index contributed by atoms with van der Waals surface area (Å²) in [7, 11) is 4.15. The molecule has 1 aromatic rings. The van der Waals surface area contributed by atoms with Gasteiger partial charge < -0.3 is 15.5 Å². The summed E-state index contributed by atoms with van der Waals surface area (Å²) in [6.07, 6.45) is 1.09. The van der Waals surface area contributed by atoms with Crippen molar-refractivity contribution in [1.29, 1.82) is 0 Å². The van der Waals surface area contributed by atoms with Crippen molar-refractivity contribution in [2.75, 3.05) is 38.6 Å². The van der Waals surface area contributed by atoms with Crippen LogP contribution in [0, 0.1) is 6.92 Å². The van der Waals surface area contributed by atoms with Gasteiger partial charge in [0.05, 0.1) is 5.69 Å². The molecule has 0 fully saturated rings. The van der Waals surface area contributed by atoms with Gasteiger partial charge in [-0.1, -0.05) is 6.92 Å². The van der Waals surface area contributed by atoms with Crippen LogP contribution in [-0.4, -0.2) is 48.6 Å². The maximum Gasteiger partial charge on any atom is 0.225 e. The van der Waals surface area contributed by atoms with E-state index in [9.17, 15) is 0 Å². The second-order valence-electron chi connectivity index (χ2n) is 4.80. The van der Waals surface area contributed by atoms with Crippen LogP contribution in [-0.2, 0) is 6.54 Å². The largest absolute Gasteiger partial charge is 0.340 e. The van der Waals surface area contributed by atoms with Crippen LogP contribution in [0.2, 0.25) is 0 Å². The van der Waals surface area contributed by atoms with Crippen molar-refractivity contribution >= 4 is 5.95 Å². The van der Waals surface area contributed by atoms with Gasteiger partial charge in [0.2, 0.25) is 5.95 Å². The van der Waals surface area contributed by atoms with Gasteiger partial charge in [0.1, 0.15) is 0 Å². The summed E-state index contributed by atoms with van der Waals surface area (Å²) in [5.74, 6) is 0.805. The van der Waals surface area contributed by atoms with Crippen LogP contribution >= 0.6 is 0 Å². The van der Waals surface area contributed by atoms with Crippen LogP contribution in [0.15, 0.2) is 6.07 Å². The zero-order chi connectivity index (χ0) is 13.5. The Morgan fingerprint density at radius 1 is 1.17 bits per heavy atom. The van der Waals surface area contributed by atoms with Crippen LogP contribution in [0.25, 0.3) is 0 Å². The highest BCUT2D eigenvalue weighted by atomic mass is 15.3. The van der Waals surface area contributed by atoms with Crippen molar-refractivity contribution in [2.45, 2.75) is 26.8 Å². The number of anilines is 1. The van der Waals surface area contributed by atoms with Crippen molar-refractivity contribution in [3.8, 4) is 0 Å². The summed E-state index contributed by atoms with van der Waals surface area (Å²) in [6, 6.07) is 1.94. The normalized spacial score (nSPS) is 11.0. The van der Waals surface area contributed by atoms with Gasteiger partial charge in [0.15, 0.2) is 0 Å². The minimum absolute atomic E-state index is 0.462. The lowest BCUT2D eigenvalue weighted by Crippen LogP contribution is -2.34. The Bertz CT molecular complexity index is 364. The van der Waals surface area contributed by atoms with Crippen LogP contribution in [0.1, 0.15) is 24.7 Å². The number of nitrogens with two attached hydrogens (primary N) is 1. The van der Waals surface area contributed by atoms with E-state index in [1.807, 2.05) is 13.0 Å². The summed E-state index contributed by atoms with van der Waals surface area (Å²) >= 11 is 0. The molecule has 0 unspecified atom stereocenters. The summed E-state index contributed by atoms with van der Waals surface area (Å²) in [6.45, 7) is 7.53. The van der Waals surface area contributed by atoms with Gasteiger partial charge >= 0.3 is 0 Å². The Morgan fingerprint density at radius 3 is 2.44 bits per heavy atom. The molecular formula is C13H25N5. The van der Waals surface area contributed by atoms with Gasteiger partial charge in [0.25, 0.3) is 0 Å². The van der Waals surface area contributed by atoms with Crippen molar-refractivity contribution in [1.82, 2.24) is 14.9 Å². The molecule has 0 amide bonds. The fourth-order valence-electron chi connectivity index (χ4n) is 1.77. The lowest BCUT2D eigenvalue weighted by Gasteiger charge is -2.24. The molecule has 0 radical (unpaired) electrons. The Morgan fingerprint density at radius 2 is 1.89 bits per heavy atom. The topological polar surface area (TPSA) is 58.3 Å². The van der Waals surface area contributed by atoms with E-state index in [1.165, 1.54) is 0 Å². The maximum atomic E-state index is 5.67. The fourth-order valence-corrected chi connectivity index (χ4v) is 1.77. The summed E-state index contributed by atoms with van der Waals surface area (Å²) in [5, 5.41) is 0. The Balaban J connectivity index is 2.86. The molecule has 2 N–H and O–H groups in total. The number of aryl methyl sites for hydroxylation is 1. The molecule has 5 heteroatoms. The lowest BCUT2D eigenvalue weighted by atomic mass is 10.3. The van der Waals surface area contributed by atoms with Crippen LogP contribution in [0.3, 0.4) is 0 Å². The van der Waals surface area contributed by atoms with Crippen molar-refractivity contribution in [3.05, 3.63) is 17.5 Å². The van der Waals surface area contributed by atoms with Gasteiger partial charge in [-0.3, -0.25) is 0 Å². The Hall–Kier alpha value is -1.20. The Kier molecular flexibility index (Phi) is 6.01. The second-order valence-corrected chi connectivity index (χ2v) is 4.80. The molecule has 0 aliphatic carbocycles. The highest BCUT2D eigenvalue weighted by Crippen LogP contribution is 2.10. The number of hydrogen-bond donors (Lipinski definition) is 1. The zero-order valence-electron chi connectivity index (χ0n) is 12.0. The lowest BCUT2D eigenvalue weighted by molar-refractivity contribution is 0.411. The first-order chi connectivity index (χ1) is 8.56. The molecule has 1 aromatic heterocycles. The predicted molar refractivity (Wildman–Crippen MR) is 75.7 cm³/mol. The van der Waals surface area contributed by atoms with Gasteiger partial charge in [-0.25, -0.2) is 9.97 Å². The number of nitrogens with zero attached hydrogens (tertiary/aromatic N) is 4. The van der Waals surface area contributed by atoms with E-state index in [0.717, 1.165) is 43.4 Å². The van der Waals surface area contributed by atoms with Gasteiger partial charge in [0, 0.05) is 31.9 Å². The average molecular weight is 251 g/mol. The maximum absolute atomic E-state index is 5.67. The molecule has 5 nitrogen and oxygen atoms in total. The van der Waals surface area contributed by atoms with Crippen molar-refractivity contribution in [3.63, 3.8) is 0 Å². The van der Waals surface area contributed by atoms with Gasteiger partial charge in [-0.2, -0.15) is 0 Å². The van der Waals surface area contributed by atoms with E-state index in [0.29, 0.717) is 6.54 Å². The molecular weight excluding hydrogens is 226 g/mol. The second kappa shape index (κ2) is 7.28. The number of rotatable bonds is 7. The Labute approximate surface area is 110 Å². The molecule has 0 aliphatic heterocycles. The number of aromatic nitrogens is 2. The zero-order valence-corrected chi connectivity index (χ0v) is 12.0. The van der Waals surface area contributed by atoms with Crippen LogP contribution in [0.5, 0.6) is 0 Å². The molecule has 0 saturated heterocycles. The number of likely N-dealkylation sites (N-methyl/N-ethyl adjacent to an activating group) is 1. The van der Waals surface area contributed by atoms with E-state index in [-0.39, 0.29) is 0 Å². The molecule has 18 heavy (non-hydrogen) atoms. The third-order valence-electron chi connectivity index (χ3n) is 2.70. The third kappa shape index (κ3) is 4.58. The summed E-state index contributed by atoms with van der Waals surface area (Å²) in [4.78, 5) is 13.4. The van der Waals surface area contributed by atoms with Gasteiger partial charge in [-0.05, 0) is 33.5 Å². The van der Waals surface area contributed by atoms with Crippen molar-refractivity contribution in [2.24, 2.45) is 5.73 Å². The first-order valence-corrected chi connectivity index (χ1v) is 6.51. The molecule has 0 atom stereocenters. The smallest absolute Gasteiger partial charge is 0.225 e. The predicted octanol–water partition coefficient (Wildman–Crippen LogP) is 1.02. The highest BCUT2D eigenvalue weighted by Gasteiger charge is 2.10. The molecule has 0 spiro atoms. The van der Waals surface area contributed by atoms with E-state index in [4.69, 9.17) is 5.73 Å².